The lowest BCUT2D eigenvalue weighted by molar-refractivity contribution is -0.145. The number of carbonyl (C=O) groups excluding carboxylic acids is 1. The highest BCUT2D eigenvalue weighted by atomic mass is 19.1. The molecule has 2 aromatic carbocycles. The number of benzene rings is 2. The molecular formula is C23H23FN2O3. The van der Waals surface area contributed by atoms with Crippen LogP contribution in [0.4, 0.5) is 4.39 Å². The number of aromatic nitrogens is 1. The molecule has 150 valence electrons. The van der Waals surface area contributed by atoms with Crippen molar-refractivity contribution in [2.45, 2.75) is 25.7 Å². The van der Waals surface area contributed by atoms with Crippen molar-refractivity contribution in [3.63, 3.8) is 0 Å². The van der Waals surface area contributed by atoms with Crippen LogP contribution in [0.2, 0.25) is 0 Å². The molecule has 1 aliphatic heterocycles. The highest BCUT2D eigenvalue weighted by Crippen LogP contribution is 2.32. The molecule has 0 radical (unpaired) electrons. The summed E-state index contributed by atoms with van der Waals surface area (Å²) in [6.45, 7) is 0.952. The second kappa shape index (κ2) is 8.07. The molecule has 0 bridgehead atoms. The molecule has 0 saturated carbocycles. The summed E-state index contributed by atoms with van der Waals surface area (Å²) in [6, 6.07) is 14.5. The van der Waals surface area contributed by atoms with Crippen LogP contribution in [-0.2, 0) is 16.0 Å². The van der Waals surface area contributed by atoms with E-state index in [2.05, 4.69) is 4.98 Å². The lowest BCUT2D eigenvalue weighted by Crippen LogP contribution is -2.40. The number of halogens is 1. The van der Waals surface area contributed by atoms with Gasteiger partial charge in [-0.3, -0.25) is 9.59 Å². The molecule has 1 saturated heterocycles. The number of carboxylic acid groups (broad SMARTS) is 1. The van der Waals surface area contributed by atoms with E-state index in [-0.39, 0.29) is 17.6 Å². The number of likely N-dealkylation sites (tertiary alicyclic amines) is 1. The monoisotopic (exact) mass is 394 g/mol. The second-order valence-electron chi connectivity index (χ2n) is 7.53. The van der Waals surface area contributed by atoms with E-state index in [0.717, 1.165) is 27.7 Å². The Kier molecular flexibility index (Phi) is 5.34. The standard InChI is InChI=1S/C23H23FN2O3/c24-17-6-8-20-19(14-17)18(22(25-20)15-4-2-1-3-5-15)7-9-21(27)26-12-10-16(11-13-26)23(28)29/h1-6,8,14,16,25H,7,9-13H2,(H,28,29). The Bertz CT molecular complexity index is 1040. The van der Waals surface area contributed by atoms with Gasteiger partial charge in [0.05, 0.1) is 5.92 Å². The van der Waals surface area contributed by atoms with Crippen molar-refractivity contribution in [3.05, 3.63) is 59.9 Å². The van der Waals surface area contributed by atoms with Gasteiger partial charge >= 0.3 is 5.97 Å². The van der Waals surface area contributed by atoms with E-state index in [4.69, 9.17) is 5.11 Å². The summed E-state index contributed by atoms with van der Waals surface area (Å²) in [6.07, 6.45) is 1.79. The van der Waals surface area contributed by atoms with E-state index in [1.54, 1.807) is 11.0 Å². The number of rotatable bonds is 5. The van der Waals surface area contributed by atoms with Crippen LogP contribution in [0.25, 0.3) is 22.2 Å². The van der Waals surface area contributed by atoms with E-state index < -0.39 is 5.97 Å². The topological polar surface area (TPSA) is 73.4 Å². The summed E-state index contributed by atoms with van der Waals surface area (Å²) >= 11 is 0. The number of aryl methyl sites for hydroxylation is 1. The summed E-state index contributed by atoms with van der Waals surface area (Å²) in [4.78, 5) is 28.9. The predicted octanol–water partition coefficient (Wildman–Crippen LogP) is 4.23. The van der Waals surface area contributed by atoms with Crippen molar-refractivity contribution in [2.24, 2.45) is 5.92 Å². The molecule has 29 heavy (non-hydrogen) atoms. The molecule has 0 atom stereocenters. The third-order valence-electron chi connectivity index (χ3n) is 5.72. The van der Waals surface area contributed by atoms with Crippen LogP contribution in [0.5, 0.6) is 0 Å². The van der Waals surface area contributed by atoms with Crippen molar-refractivity contribution < 1.29 is 19.1 Å². The van der Waals surface area contributed by atoms with Gasteiger partial charge in [-0.25, -0.2) is 4.39 Å². The third kappa shape index (κ3) is 4.01. The minimum Gasteiger partial charge on any atom is -0.481 e. The maximum absolute atomic E-state index is 13.9. The van der Waals surface area contributed by atoms with Crippen LogP contribution in [0.3, 0.4) is 0 Å². The normalized spacial score (nSPS) is 15.0. The van der Waals surface area contributed by atoms with Crippen LogP contribution in [0.1, 0.15) is 24.8 Å². The molecule has 5 nitrogen and oxygen atoms in total. The summed E-state index contributed by atoms with van der Waals surface area (Å²) in [7, 11) is 0. The van der Waals surface area contributed by atoms with Gasteiger partial charge in [0.1, 0.15) is 5.82 Å². The number of piperidine rings is 1. The molecule has 3 aromatic rings. The molecule has 6 heteroatoms. The van der Waals surface area contributed by atoms with Gasteiger partial charge in [0.25, 0.3) is 0 Å². The number of H-pyrrole nitrogens is 1. The van der Waals surface area contributed by atoms with Gasteiger partial charge in [0, 0.05) is 36.1 Å². The van der Waals surface area contributed by atoms with Crippen LogP contribution in [-0.4, -0.2) is 40.0 Å². The van der Waals surface area contributed by atoms with Crippen LogP contribution in [0, 0.1) is 11.7 Å². The average Bonchev–Trinajstić information content (AvgIpc) is 3.10. The number of carbonyl (C=O) groups is 2. The van der Waals surface area contributed by atoms with Gasteiger partial charge in [0.15, 0.2) is 0 Å². The smallest absolute Gasteiger partial charge is 0.306 e. The van der Waals surface area contributed by atoms with Crippen molar-refractivity contribution in [1.29, 1.82) is 0 Å². The lowest BCUT2D eigenvalue weighted by atomic mass is 9.96. The summed E-state index contributed by atoms with van der Waals surface area (Å²) in [5.41, 5.74) is 3.67. The lowest BCUT2D eigenvalue weighted by Gasteiger charge is -2.30. The molecule has 1 aliphatic rings. The Balaban J connectivity index is 1.55. The van der Waals surface area contributed by atoms with E-state index in [1.807, 2.05) is 30.3 Å². The second-order valence-corrected chi connectivity index (χ2v) is 7.53. The van der Waals surface area contributed by atoms with Crippen molar-refractivity contribution in [1.82, 2.24) is 9.88 Å². The maximum atomic E-state index is 13.9. The Hall–Kier alpha value is -3.15. The number of nitrogens with one attached hydrogen (secondary N) is 1. The maximum Gasteiger partial charge on any atom is 0.306 e. The molecule has 0 spiro atoms. The number of amides is 1. The Morgan fingerprint density at radius 2 is 1.83 bits per heavy atom. The first-order valence-corrected chi connectivity index (χ1v) is 9.89. The first-order valence-electron chi connectivity index (χ1n) is 9.89. The molecule has 2 heterocycles. The van der Waals surface area contributed by atoms with E-state index in [9.17, 15) is 14.0 Å². The number of hydrogen-bond donors (Lipinski definition) is 2. The van der Waals surface area contributed by atoms with Gasteiger partial charge in [-0.05, 0) is 48.6 Å². The summed E-state index contributed by atoms with van der Waals surface area (Å²) in [5.74, 6) is -1.44. The summed E-state index contributed by atoms with van der Waals surface area (Å²) in [5, 5.41) is 9.91. The average molecular weight is 394 g/mol. The number of aromatic amines is 1. The summed E-state index contributed by atoms with van der Waals surface area (Å²) < 4.78 is 13.9. The fraction of sp³-hybridized carbons (Fsp3) is 0.304. The Labute approximate surface area is 168 Å². The predicted molar refractivity (Wildman–Crippen MR) is 109 cm³/mol. The van der Waals surface area contributed by atoms with Crippen molar-refractivity contribution in [2.75, 3.05) is 13.1 Å². The Morgan fingerprint density at radius 3 is 2.52 bits per heavy atom. The molecule has 1 aromatic heterocycles. The number of carboxylic acids is 1. The van der Waals surface area contributed by atoms with Crippen molar-refractivity contribution in [3.8, 4) is 11.3 Å². The van der Waals surface area contributed by atoms with Gasteiger partial charge < -0.3 is 15.0 Å². The minimum absolute atomic E-state index is 0.0126. The third-order valence-corrected chi connectivity index (χ3v) is 5.72. The molecule has 1 amide bonds. The zero-order chi connectivity index (χ0) is 20.4. The fourth-order valence-electron chi connectivity index (χ4n) is 4.10. The van der Waals surface area contributed by atoms with E-state index in [1.165, 1.54) is 12.1 Å². The first-order chi connectivity index (χ1) is 14.0. The van der Waals surface area contributed by atoms with Crippen LogP contribution >= 0.6 is 0 Å². The minimum atomic E-state index is -0.787. The zero-order valence-electron chi connectivity index (χ0n) is 16.0. The highest BCUT2D eigenvalue weighted by Gasteiger charge is 2.27. The molecule has 1 fully saturated rings. The first kappa shape index (κ1) is 19.2. The number of aliphatic carboxylic acids is 1. The largest absolute Gasteiger partial charge is 0.481 e. The number of hydrogen-bond acceptors (Lipinski definition) is 2. The molecule has 4 rings (SSSR count). The SMILES string of the molecule is O=C(O)C1CCN(C(=O)CCc2c(-c3ccccc3)[nH]c3ccc(F)cc23)CC1. The fourth-order valence-corrected chi connectivity index (χ4v) is 4.10. The van der Waals surface area contributed by atoms with Crippen LogP contribution in [0.15, 0.2) is 48.5 Å². The van der Waals surface area contributed by atoms with Gasteiger partial charge in [-0.1, -0.05) is 30.3 Å². The number of nitrogens with zero attached hydrogens (tertiary/aromatic N) is 1. The van der Waals surface area contributed by atoms with E-state index in [0.29, 0.717) is 38.8 Å². The van der Waals surface area contributed by atoms with Gasteiger partial charge in [0.2, 0.25) is 5.91 Å². The molecule has 0 unspecified atom stereocenters. The molecular weight excluding hydrogens is 371 g/mol. The zero-order valence-corrected chi connectivity index (χ0v) is 16.0. The van der Waals surface area contributed by atoms with Gasteiger partial charge in [-0.2, -0.15) is 0 Å². The van der Waals surface area contributed by atoms with E-state index >= 15 is 0 Å². The Morgan fingerprint density at radius 1 is 1.10 bits per heavy atom. The molecule has 0 aliphatic carbocycles. The van der Waals surface area contributed by atoms with Crippen molar-refractivity contribution >= 4 is 22.8 Å². The molecule has 2 N–H and O–H groups in total. The van der Waals surface area contributed by atoms with Gasteiger partial charge in [-0.15, -0.1) is 0 Å². The number of fused-ring (bicyclic) bond motifs is 1. The van der Waals surface area contributed by atoms with Crippen LogP contribution < -0.4 is 0 Å². The highest BCUT2D eigenvalue weighted by molar-refractivity contribution is 5.91. The quantitative estimate of drug-likeness (QED) is 0.680.